The van der Waals surface area contributed by atoms with Gasteiger partial charge in [-0.1, -0.05) is 6.07 Å². The first-order chi connectivity index (χ1) is 11.7. The third-order valence-corrected chi connectivity index (χ3v) is 3.98. The fourth-order valence-electron chi connectivity index (χ4n) is 2.68. The van der Waals surface area contributed by atoms with E-state index in [1.54, 1.807) is 31.3 Å². The summed E-state index contributed by atoms with van der Waals surface area (Å²) in [5.74, 6) is 1.02. The number of hydrogen-bond donors (Lipinski definition) is 1. The molecule has 1 N–H and O–H groups in total. The van der Waals surface area contributed by atoms with Crippen LogP contribution in [-0.2, 0) is 6.54 Å². The molecule has 24 heavy (non-hydrogen) atoms. The van der Waals surface area contributed by atoms with Crippen LogP contribution in [0.4, 0.5) is 15.9 Å². The maximum Gasteiger partial charge on any atom is 0.161 e. The molecule has 0 atom stereocenters. The number of rotatable bonds is 3. The van der Waals surface area contributed by atoms with E-state index >= 15 is 0 Å². The maximum atomic E-state index is 13.4. The van der Waals surface area contributed by atoms with Crippen molar-refractivity contribution >= 4 is 17.7 Å². The molecule has 4 rings (SSSR count). The number of aromatic nitrogens is 2. The van der Waals surface area contributed by atoms with Crippen molar-refractivity contribution in [3.05, 3.63) is 71.2 Å². The highest BCUT2D eigenvalue weighted by Gasteiger charge is 2.08. The number of hydrogen-bond acceptors (Lipinski definition) is 4. The van der Waals surface area contributed by atoms with E-state index in [0.29, 0.717) is 17.2 Å². The largest absolute Gasteiger partial charge is 0.340 e. The number of anilines is 2. The zero-order chi connectivity index (χ0) is 16.5. The maximum absolute atomic E-state index is 13.4. The van der Waals surface area contributed by atoms with E-state index in [2.05, 4.69) is 32.4 Å². The molecule has 1 aliphatic rings. The Morgan fingerprint density at radius 3 is 2.88 bits per heavy atom. The van der Waals surface area contributed by atoms with Crippen LogP contribution in [0.15, 0.2) is 53.7 Å². The molecule has 4 nitrogen and oxygen atoms in total. The molecular weight excluding hydrogens is 303 g/mol. The molecule has 0 amide bonds. The van der Waals surface area contributed by atoms with Gasteiger partial charge in [0.25, 0.3) is 0 Å². The first kappa shape index (κ1) is 14.5. The lowest BCUT2D eigenvalue weighted by atomic mass is 10.1. The summed E-state index contributed by atoms with van der Waals surface area (Å²) in [6, 6.07) is 12.8. The van der Waals surface area contributed by atoms with Crippen molar-refractivity contribution in [3.63, 3.8) is 0 Å². The molecule has 0 saturated heterocycles. The Hall–Kier alpha value is -3.08. The van der Waals surface area contributed by atoms with Crippen LogP contribution in [0, 0.1) is 12.7 Å². The highest BCUT2D eigenvalue weighted by molar-refractivity contribution is 5.86. The normalized spacial score (nSPS) is 12.2. The Morgan fingerprint density at radius 1 is 1.08 bits per heavy atom. The van der Waals surface area contributed by atoms with Crippen LogP contribution < -0.4 is 5.32 Å². The van der Waals surface area contributed by atoms with Gasteiger partial charge >= 0.3 is 0 Å². The number of benzene rings is 2. The lowest BCUT2D eigenvalue weighted by Crippen LogP contribution is -1.98. The van der Waals surface area contributed by atoms with Crippen LogP contribution in [0.1, 0.15) is 16.7 Å². The number of nitrogens with zero attached hydrogens (tertiary/aromatic N) is 3. The van der Waals surface area contributed by atoms with Crippen LogP contribution >= 0.6 is 0 Å². The standard InChI is InChI=1S/C19H15FN4/c1-12-8-13(3-5-17(12)20)19-22-7-6-18(24-19)23-16-4-2-14-10-21-11-15(14)9-16/h2-9,11H,10H2,1H3,(H,22,23,24). The zero-order valence-electron chi connectivity index (χ0n) is 13.1. The SMILES string of the molecule is Cc1cc(-c2nccc(Nc3ccc4c(c3)C=NC4)n2)ccc1F. The summed E-state index contributed by atoms with van der Waals surface area (Å²) >= 11 is 0. The van der Waals surface area contributed by atoms with Crippen LogP contribution in [0.5, 0.6) is 0 Å². The van der Waals surface area contributed by atoms with E-state index in [0.717, 1.165) is 23.4 Å². The number of fused-ring (bicyclic) bond motifs is 1. The predicted octanol–water partition coefficient (Wildman–Crippen LogP) is 4.27. The first-order valence-electron chi connectivity index (χ1n) is 7.68. The molecule has 0 unspecified atom stereocenters. The summed E-state index contributed by atoms with van der Waals surface area (Å²) < 4.78 is 13.4. The van der Waals surface area contributed by atoms with Gasteiger partial charge in [0.2, 0.25) is 0 Å². The number of aliphatic imine (C=N–C) groups is 1. The van der Waals surface area contributed by atoms with Gasteiger partial charge in [-0.3, -0.25) is 4.99 Å². The van der Waals surface area contributed by atoms with E-state index < -0.39 is 0 Å². The van der Waals surface area contributed by atoms with Gasteiger partial charge in [0, 0.05) is 23.7 Å². The molecule has 0 radical (unpaired) electrons. The summed E-state index contributed by atoms with van der Waals surface area (Å²) in [6.45, 7) is 2.48. The highest BCUT2D eigenvalue weighted by Crippen LogP contribution is 2.23. The van der Waals surface area contributed by atoms with Crippen LogP contribution in [0.3, 0.4) is 0 Å². The second-order valence-electron chi connectivity index (χ2n) is 5.74. The average molecular weight is 318 g/mol. The van der Waals surface area contributed by atoms with Gasteiger partial charge < -0.3 is 5.32 Å². The summed E-state index contributed by atoms with van der Waals surface area (Å²) in [6.07, 6.45) is 3.57. The van der Waals surface area contributed by atoms with Gasteiger partial charge in [-0.25, -0.2) is 14.4 Å². The summed E-state index contributed by atoms with van der Waals surface area (Å²) in [5.41, 5.74) is 4.67. The second kappa shape index (κ2) is 5.85. The van der Waals surface area contributed by atoms with Crippen molar-refractivity contribution < 1.29 is 4.39 Å². The summed E-state index contributed by atoms with van der Waals surface area (Å²) in [4.78, 5) is 13.1. The van der Waals surface area contributed by atoms with E-state index in [9.17, 15) is 4.39 Å². The quantitative estimate of drug-likeness (QED) is 0.784. The predicted molar refractivity (Wildman–Crippen MR) is 93.2 cm³/mol. The Kier molecular flexibility index (Phi) is 3.54. The van der Waals surface area contributed by atoms with E-state index in [1.807, 2.05) is 12.3 Å². The Bertz CT molecular complexity index is 950. The minimum atomic E-state index is -0.229. The van der Waals surface area contributed by atoms with Gasteiger partial charge in [0.15, 0.2) is 5.82 Å². The van der Waals surface area contributed by atoms with Gasteiger partial charge in [0.1, 0.15) is 11.6 Å². The second-order valence-corrected chi connectivity index (χ2v) is 5.74. The average Bonchev–Trinajstić information content (AvgIpc) is 3.05. The molecule has 0 bridgehead atoms. The summed E-state index contributed by atoms with van der Waals surface area (Å²) in [7, 11) is 0. The molecule has 2 aromatic carbocycles. The van der Waals surface area contributed by atoms with Gasteiger partial charge in [-0.2, -0.15) is 0 Å². The third-order valence-electron chi connectivity index (χ3n) is 3.98. The fraction of sp³-hybridized carbons (Fsp3) is 0.105. The molecule has 0 fully saturated rings. The van der Waals surface area contributed by atoms with Gasteiger partial charge in [-0.05, 0) is 60.0 Å². The van der Waals surface area contributed by atoms with E-state index in [4.69, 9.17) is 0 Å². The molecule has 0 spiro atoms. The smallest absolute Gasteiger partial charge is 0.161 e. The number of halogens is 1. The highest BCUT2D eigenvalue weighted by atomic mass is 19.1. The lowest BCUT2D eigenvalue weighted by molar-refractivity contribution is 0.618. The number of aryl methyl sites for hydroxylation is 1. The van der Waals surface area contributed by atoms with Crippen LogP contribution in [0.2, 0.25) is 0 Å². The Balaban J connectivity index is 1.63. The Morgan fingerprint density at radius 2 is 2.00 bits per heavy atom. The topological polar surface area (TPSA) is 50.2 Å². The fourth-order valence-corrected chi connectivity index (χ4v) is 2.68. The molecule has 3 aromatic rings. The third kappa shape index (κ3) is 2.76. The van der Waals surface area contributed by atoms with Crippen molar-refractivity contribution in [2.75, 3.05) is 5.32 Å². The Labute approximate surface area is 139 Å². The zero-order valence-corrected chi connectivity index (χ0v) is 13.1. The molecule has 118 valence electrons. The van der Waals surface area contributed by atoms with Crippen molar-refractivity contribution in [1.29, 1.82) is 0 Å². The molecule has 2 heterocycles. The van der Waals surface area contributed by atoms with Crippen LogP contribution in [0.25, 0.3) is 11.4 Å². The molecule has 5 heteroatoms. The monoisotopic (exact) mass is 318 g/mol. The van der Waals surface area contributed by atoms with Crippen molar-refractivity contribution in [1.82, 2.24) is 9.97 Å². The van der Waals surface area contributed by atoms with E-state index in [-0.39, 0.29) is 5.82 Å². The van der Waals surface area contributed by atoms with Crippen molar-refractivity contribution in [2.24, 2.45) is 4.99 Å². The number of nitrogens with one attached hydrogen (secondary N) is 1. The van der Waals surface area contributed by atoms with Gasteiger partial charge in [-0.15, -0.1) is 0 Å². The first-order valence-corrected chi connectivity index (χ1v) is 7.68. The van der Waals surface area contributed by atoms with Crippen molar-refractivity contribution in [3.8, 4) is 11.4 Å². The van der Waals surface area contributed by atoms with Gasteiger partial charge in [0.05, 0.1) is 6.54 Å². The molecule has 0 saturated carbocycles. The van der Waals surface area contributed by atoms with Crippen LogP contribution in [-0.4, -0.2) is 16.2 Å². The minimum absolute atomic E-state index is 0.229. The molecular formula is C19H15FN4. The van der Waals surface area contributed by atoms with Crippen molar-refractivity contribution in [2.45, 2.75) is 13.5 Å². The molecule has 1 aromatic heterocycles. The minimum Gasteiger partial charge on any atom is -0.340 e. The lowest BCUT2D eigenvalue weighted by Gasteiger charge is -2.09. The molecule has 1 aliphatic heterocycles. The van der Waals surface area contributed by atoms with E-state index in [1.165, 1.54) is 11.6 Å². The molecule has 0 aliphatic carbocycles. The summed E-state index contributed by atoms with van der Waals surface area (Å²) in [5, 5.41) is 3.28.